The number of hydrogen-bond acceptors (Lipinski definition) is 7. The molecule has 2 saturated heterocycles. The summed E-state index contributed by atoms with van der Waals surface area (Å²) in [7, 11) is 8.53. The van der Waals surface area contributed by atoms with Crippen molar-refractivity contribution in [2.45, 2.75) is 121 Å². The van der Waals surface area contributed by atoms with Crippen molar-refractivity contribution < 1.29 is 28.0 Å². The third-order valence-electron chi connectivity index (χ3n) is 5.99. The molecule has 182 valence electrons. The quantitative estimate of drug-likeness (QED) is 0.278. The Hall–Kier alpha value is 0.0799. The fourth-order valence-corrected chi connectivity index (χ4v) is 4.98. The van der Waals surface area contributed by atoms with Crippen LogP contribution in [0.1, 0.15) is 72.6 Å². The zero-order valence-electron chi connectivity index (χ0n) is 20.1. The Labute approximate surface area is 196 Å². The van der Waals surface area contributed by atoms with Crippen molar-refractivity contribution in [2.75, 3.05) is 13.2 Å². The van der Waals surface area contributed by atoms with Gasteiger partial charge in [0.2, 0.25) is 0 Å². The molecular weight excluding hydrogens is 429 g/mol. The molecular formula is C21H41B2N2O6P. The molecule has 32 heavy (non-hydrogen) atoms. The molecule has 2 rings (SSSR count). The van der Waals surface area contributed by atoms with Crippen LogP contribution in [0.15, 0.2) is 0 Å². The maximum atomic E-state index is 8.43. The molecule has 0 aliphatic carbocycles. The largest absolute Gasteiger partial charge is 0.380 e. The SMILES string of the molecule is [B][C@H]1C[C@@H](OC(C)CC)C(COP(=N)(N)O[C@@H]2C[C@H]([B])OC2COC(CC)CCCC)O1. The number of nitrogens with one attached hydrogen (secondary N) is 1. The minimum atomic E-state index is -3.38. The molecule has 3 N–H and O–H groups in total. The number of hydrogen-bond donors (Lipinski definition) is 2. The summed E-state index contributed by atoms with van der Waals surface area (Å²) < 4.78 is 35.1. The summed E-state index contributed by atoms with van der Waals surface area (Å²) in [6.07, 6.45) is 4.94. The molecule has 0 aromatic rings. The van der Waals surface area contributed by atoms with Gasteiger partial charge in [-0.25, -0.2) is 0 Å². The molecule has 2 fully saturated rings. The van der Waals surface area contributed by atoms with E-state index in [-0.39, 0.29) is 37.1 Å². The van der Waals surface area contributed by atoms with Gasteiger partial charge in [0.25, 0.3) is 7.66 Å². The summed E-state index contributed by atoms with van der Waals surface area (Å²) in [4.78, 5) is 0. The fraction of sp³-hybridized carbons (Fsp3) is 1.00. The van der Waals surface area contributed by atoms with Crippen LogP contribution in [-0.4, -0.2) is 77.5 Å². The third kappa shape index (κ3) is 9.38. The average molecular weight is 470 g/mol. The lowest BCUT2D eigenvalue weighted by molar-refractivity contribution is -0.0656. The van der Waals surface area contributed by atoms with E-state index in [4.69, 9.17) is 54.4 Å². The third-order valence-corrected chi connectivity index (χ3v) is 7.11. The number of nitrogens with two attached hydrogens (primary N) is 1. The lowest BCUT2D eigenvalue weighted by Crippen LogP contribution is -2.33. The number of ether oxygens (including phenoxy) is 4. The molecule has 0 aromatic carbocycles. The highest BCUT2D eigenvalue weighted by atomic mass is 31.2. The topological polar surface area (TPSA) is 105 Å². The summed E-state index contributed by atoms with van der Waals surface area (Å²) in [5, 5.41) is 8.43. The van der Waals surface area contributed by atoms with E-state index in [0.29, 0.717) is 19.4 Å². The number of rotatable bonds is 15. The normalized spacial score (nSPS) is 34.4. The lowest BCUT2D eigenvalue weighted by Gasteiger charge is -2.28. The van der Waals surface area contributed by atoms with Crippen molar-refractivity contribution in [3.8, 4) is 0 Å². The van der Waals surface area contributed by atoms with Crippen LogP contribution < -0.4 is 5.50 Å². The van der Waals surface area contributed by atoms with Crippen molar-refractivity contribution >= 4 is 23.4 Å². The predicted octanol–water partition coefficient (Wildman–Crippen LogP) is 3.61. The van der Waals surface area contributed by atoms with Crippen molar-refractivity contribution in [1.29, 1.82) is 5.16 Å². The Morgan fingerprint density at radius 3 is 2.25 bits per heavy atom. The van der Waals surface area contributed by atoms with Crippen molar-refractivity contribution in [1.82, 2.24) is 0 Å². The van der Waals surface area contributed by atoms with Crippen LogP contribution >= 0.6 is 7.66 Å². The van der Waals surface area contributed by atoms with E-state index in [1.807, 2.05) is 6.92 Å². The zero-order chi connectivity index (χ0) is 23.7. The smallest absolute Gasteiger partial charge is 0.282 e. The van der Waals surface area contributed by atoms with Crippen molar-refractivity contribution in [3.63, 3.8) is 0 Å². The first kappa shape index (κ1) is 28.3. The second-order valence-corrected chi connectivity index (χ2v) is 10.5. The highest BCUT2D eigenvalue weighted by Gasteiger charge is 2.39. The van der Waals surface area contributed by atoms with Gasteiger partial charge >= 0.3 is 0 Å². The van der Waals surface area contributed by atoms with E-state index in [1.54, 1.807) is 0 Å². The Morgan fingerprint density at radius 2 is 1.66 bits per heavy atom. The molecule has 0 aromatic heterocycles. The van der Waals surface area contributed by atoms with Crippen LogP contribution in [0, 0.1) is 5.16 Å². The molecule has 5 unspecified atom stereocenters. The van der Waals surface area contributed by atoms with Crippen molar-refractivity contribution in [2.24, 2.45) is 5.50 Å². The van der Waals surface area contributed by atoms with Gasteiger partial charge in [0.1, 0.15) is 27.9 Å². The number of unbranched alkanes of at least 4 members (excludes halogenated alkanes) is 1. The van der Waals surface area contributed by atoms with Gasteiger partial charge < -0.3 is 28.0 Å². The Bertz CT molecular complexity index is 592. The van der Waals surface area contributed by atoms with Crippen LogP contribution in [-0.2, 0) is 28.0 Å². The van der Waals surface area contributed by atoms with Crippen LogP contribution in [0.3, 0.4) is 0 Å². The van der Waals surface area contributed by atoms with Gasteiger partial charge in [0, 0.05) is 12.0 Å². The minimum absolute atomic E-state index is 0.0816. The Kier molecular flexibility index (Phi) is 12.2. The fourth-order valence-electron chi connectivity index (χ4n) is 3.92. The van der Waals surface area contributed by atoms with E-state index in [1.165, 1.54) is 0 Å². The highest BCUT2D eigenvalue weighted by molar-refractivity contribution is 7.52. The molecule has 0 bridgehead atoms. The van der Waals surface area contributed by atoms with E-state index < -0.39 is 25.8 Å². The van der Waals surface area contributed by atoms with Gasteiger partial charge in [-0.2, -0.15) is 0 Å². The van der Waals surface area contributed by atoms with E-state index in [0.717, 1.165) is 32.1 Å². The Morgan fingerprint density at radius 1 is 1.03 bits per heavy atom. The second kappa shape index (κ2) is 13.8. The summed E-state index contributed by atoms with van der Waals surface area (Å²) in [5.41, 5.74) is 6.11. The molecule has 2 aliphatic rings. The maximum absolute atomic E-state index is 8.43. The lowest BCUT2D eigenvalue weighted by atomic mass is 9.96. The molecule has 9 atom stereocenters. The molecule has 0 spiro atoms. The summed E-state index contributed by atoms with van der Waals surface area (Å²) in [6, 6.07) is -0.898. The summed E-state index contributed by atoms with van der Waals surface area (Å²) >= 11 is 0. The molecule has 2 aliphatic heterocycles. The molecule has 11 heteroatoms. The van der Waals surface area contributed by atoms with Crippen LogP contribution in [0.4, 0.5) is 0 Å². The van der Waals surface area contributed by atoms with E-state index >= 15 is 0 Å². The van der Waals surface area contributed by atoms with Crippen LogP contribution in [0.25, 0.3) is 0 Å². The van der Waals surface area contributed by atoms with Gasteiger partial charge in [-0.3, -0.25) is 10.7 Å². The molecule has 0 amide bonds. The van der Waals surface area contributed by atoms with Gasteiger partial charge in [-0.15, -0.1) is 0 Å². The van der Waals surface area contributed by atoms with Gasteiger partial charge in [0.05, 0.1) is 37.6 Å². The standard InChI is InChI=1S/C21H41B2N2O6P/c1-5-8-9-15(7-3)26-12-18-17(11-21(23)29-18)31-32(24,25)27-13-19-16(10-20(22)30-19)28-14(4)6-2/h14-21H,5-13H2,1-4H3,(H3,24,25)/t14?,15?,16-,17-,18?,19?,20-,21-/m1/s1. The first-order valence-corrected chi connectivity index (χ1v) is 13.7. The molecule has 0 saturated carbocycles. The van der Waals surface area contributed by atoms with Gasteiger partial charge in [0.15, 0.2) is 0 Å². The first-order chi connectivity index (χ1) is 15.2. The average Bonchev–Trinajstić information content (AvgIpc) is 3.26. The van der Waals surface area contributed by atoms with Gasteiger partial charge in [-0.1, -0.05) is 33.6 Å². The van der Waals surface area contributed by atoms with Crippen LogP contribution in [0.2, 0.25) is 0 Å². The maximum Gasteiger partial charge on any atom is 0.282 e. The molecule has 8 nitrogen and oxygen atoms in total. The second-order valence-electron chi connectivity index (χ2n) is 8.83. The minimum Gasteiger partial charge on any atom is -0.380 e. The van der Waals surface area contributed by atoms with E-state index in [2.05, 4.69) is 20.8 Å². The van der Waals surface area contributed by atoms with Gasteiger partial charge in [-0.05, 0) is 39.0 Å². The summed E-state index contributed by atoms with van der Waals surface area (Å²) in [5.74, 6) is 0. The molecule has 4 radical (unpaired) electrons. The Balaban J connectivity index is 1.86. The van der Waals surface area contributed by atoms with E-state index in [9.17, 15) is 0 Å². The highest BCUT2D eigenvalue weighted by Crippen LogP contribution is 2.45. The summed E-state index contributed by atoms with van der Waals surface area (Å²) in [6.45, 7) is 8.77. The first-order valence-electron chi connectivity index (χ1n) is 12.0. The van der Waals surface area contributed by atoms with Crippen molar-refractivity contribution in [3.05, 3.63) is 0 Å². The van der Waals surface area contributed by atoms with Crippen LogP contribution in [0.5, 0.6) is 0 Å². The monoisotopic (exact) mass is 470 g/mol. The predicted molar refractivity (Wildman–Crippen MR) is 127 cm³/mol. The molecule has 2 heterocycles. The zero-order valence-corrected chi connectivity index (χ0v) is 21.0.